The molecule has 124 valence electrons. The summed E-state index contributed by atoms with van der Waals surface area (Å²) in [6.45, 7) is 3.75. The van der Waals surface area contributed by atoms with Crippen molar-refractivity contribution in [3.05, 3.63) is 36.2 Å². The van der Waals surface area contributed by atoms with E-state index in [4.69, 9.17) is 4.74 Å². The number of rotatable bonds is 5. The third kappa shape index (κ3) is 4.80. The number of alkyl halides is 3. The van der Waals surface area contributed by atoms with Gasteiger partial charge in [0.1, 0.15) is 6.33 Å². The number of esters is 1. The minimum absolute atomic E-state index is 0.115. The van der Waals surface area contributed by atoms with Crippen LogP contribution in [0.4, 0.5) is 13.2 Å². The molecule has 0 aliphatic carbocycles. The molecule has 1 heterocycles. The lowest BCUT2D eigenvalue weighted by Gasteiger charge is -2.07. The fourth-order valence-corrected chi connectivity index (χ4v) is 1.90. The Balaban J connectivity index is 2.06. The maximum absolute atomic E-state index is 12.7. The predicted octanol–water partition coefficient (Wildman–Crippen LogP) is 3.31. The third-order valence-corrected chi connectivity index (χ3v) is 2.90. The van der Waals surface area contributed by atoms with Crippen molar-refractivity contribution in [2.75, 3.05) is 0 Å². The van der Waals surface area contributed by atoms with Gasteiger partial charge in [0, 0.05) is 5.56 Å². The standard InChI is InChI=1S/C15H16F3N3O2/c1-10(2)23-13(22)6-7-21-9-19-14(20-21)11-4-3-5-12(8-11)15(16,17)18/h3-5,8-10H,6-7H2,1-2H3. The Bertz CT molecular complexity index is 681. The molecule has 23 heavy (non-hydrogen) atoms. The first-order chi connectivity index (χ1) is 10.8. The van der Waals surface area contributed by atoms with Crippen molar-refractivity contribution < 1.29 is 22.7 Å². The SMILES string of the molecule is CC(C)OC(=O)CCn1cnc(-c2cccc(C(F)(F)F)c2)n1. The fourth-order valence-electron chi connectivity index (χ4n) is 1.90. The number of hydrogen-bond donors (Lipinski definition) is 0. The van der Waals surface area contributed by atoms with Gasteiger partial charge >= 0.3 is 12.1 Å². The maximum Gasteiger partial charge on any atom is 0.416 e. The summed E-state index contributed by atoms with van der Waals surface area (Å²) in [6, 6.07) is 4.79. The minimum atomic E-state index is -4.42. The fraction of sp³-hybridized carbons (Fsp3) is 0.400. The molecule has 0 fully saturated rings. The second-order valence-corrected chi connectivity index (χ2v) is 5.20. The molecular weight excluding hydrogens is 311 g/mol. The summed E-state index contributed by atoms with van der Waals surface area (Å²) in [5.74, 6) is -0.190. The summed E-state index contributed by atoms with van der Waals surface area (Å²) in [5, 5.41) is 4.09. The molecule has 0 unspecified atom stereocenters. The Morgan fingerprint density at radius 2 is 2.09 bits per heavy atom. The van der Waals surface area contributed by atoms with Crippen molar-refractivity contribution in [3.8, 4) is 11.4 Å². The van der Waals surface area contributed by atoms with Gasteiger partial charge in [-0.25, -0.2) is 4.98 Å². The van der Waals surface area contributed by atoms with Crippen molar-refractivity contribution in [2.24, 2.45) is 0 Å². The van der Waals surface area contributed by atoms with Gasteiger partial charge < -0.3 is 4.74 Å². The van der Waals surface area contributed by atoms with Crippen molar-refractivity contribution in [1.29, 1.82) is 0 Å². The zero-order valence-electron chi connectivity index (χ0n) is 12.7. The molecule has 0 radical (unpaired) electrons. The molecule has 8 heteroatoms. The largest absolute Gasteiger partial charge is 0.463 e. The van der Waals surface area contributed by atoms with Gasteiger partial charge in [0.15, 0.2) is 5.82 Å². The second-order valence-electron chi connectivity index (χ2n) is 5.20. The normalized spacial score (nSPS) is 11.7. The van der Waals surface area contributed by atoms with Gasteiger partial charge in [-0.15, -0.1) is 0 Å². The average molecular weight is 327 g/mol. The Kier molecular flexibility index (Phi) is 5.02. The van der Waals surface area contributed by atoms with Crippen LogP contribution in [-0.4, -0.2) is 26.8 Å². The smallest absolute Gasteiger partial charge is 0.416 e. The van der Waals surface area contributed by atoms with Crippen molar-refractivity contribution >= 4 is 5.97 Å². The monoisotopic (exact) mass is 327 g/mol. The van der Waals surface area contributed by atoms with E-state index in [0.717, 1.165) is 12.1 Å². The van der Waals surface area contributed by atoms with Gasteiger partial charge in [0.05, 0.1) is 24.6 Å². The van der Waals surface area contributed by atoms with Crippen molar-refractivity contribution in [3.63, 3.8) is 0 Å². The van der Waals surface area contributed by atoms with Crippen molar-refractivity contribution in [1.82, 2.24) is 14.8 Å². The van der Waals surface area contributed by atoms with E-state index < -0.39 is 11.7 Å². The van der Waals surface area contributed by atoms with Crippen LogP contribution in [0.3, 0.4) is 0 Å². The van der Waals surface area contributed by atoms with Crippen LogP contribution in [0.15, 0.2) is 30.6 Å². The number of nitrogens with zero attached hydrogens (tertiary/aromatic N) is 3. The lowest BCUT2D eigenvalue weighted by molar-refractivity contribution is -0.147. The molecule has 0 bridgehead atoms. The quantitative estimate of drug-likeness (QED) is 0.791. The molecule has 0 aliphatic heterocycles. The van der Waals surface area contributed by atoms with Gasteiger partial charge in [0.25, 0.3) is 0 Å². The molecule has 2 aromatic rings. The van der Waals surface area contributed by atoms with E-state index in [9.17, 15) is 18.0 Å². The minimum Gasteiger partial charge on any atom is -0.463 e. The Morgan fingerprint density at radius 1 is 1.35 bits per heavy atom. The van der Waals surface area contributed by atoms with Crippen LogP contribution >= 0.6 is 0 Å². The van der Waals surface area contributed by atoms with E-state index >= 15 is 0 Å². The number of carbonyl (C=O) groups is 1. The highest BCUT2D eigenvalue weighted by atomic mass is 19.4. The molecule has 0 N–H and O–H groups in total. The van der Waals surface area contributed by atoms with E-state index in [-0.39, 0.29) is 36.4 Å². The molecule has 0 atom stereocenters. The van der Waals surface area contributed by atoms with Crippen LogP contribution in [0.1, 0.15) is 25.8 Å². The summed E-state index contributed by atoms with van der Waals surface area (Å²) < 4.78 is 44.5. The number of carbonyl (C=O) groups excluding carboxylic acids is 1. The summed E-state index contributed by atoms with van der Waals surface area (Å²) in [7, 11) is 0. The first kappa shape index (κ1) is 17.0. The van der Waals surface area contributed by atoms with Crippen LogP contribution in [0.2, 0.25) is 0 Å². The average Bonchev–Trinajstić information content (AvgIpc) is 2.92. The lowest BCUT2D eigenvalue weighted by atomic mass is 10.1. The zero-order chi connectivity index (χ0) is 17.0. The number of benzene rings is 1. The van der Waals surface area contributed by atoms with E-state index in [2.05, 4.69) is 10.1 Å². The molecule has 0 amide bonds. The van der Waals surface area contributed by atoms with Gasteiger partial charge in [-0.3, -0.25) is 9.48 Å². The summed E-state index contributed by atoms with van der Waals surface area (Å²) >= 11 is 0. The van der Waals surface area contributed by atoms with Crippen LogP contribution in [0.5, 0.6) is 0 Å². The summed E-state index contributed by atoms with van der Waals surface area (Å²) in [6.07, 6.45) is -3.13. The molecule has 2 rings (SSSR count). The maximum atomic E-state index is 12.7. The van der Waals surface area contributed by atoms with Crippen molar-refractivity contribution in [2.45, 2.75) is 39.1 Å². The number of halogens is 3. The van der Waals surface area contributed by atoms with E-state index in [1.807, 2.05) is 0 Å². The second kappa shape index (κ2) is 6.80. The Hall–Kier alpha value is -2.38. The number of aromatic nitrogens is 3. The van der Waals surface area contributed by atoms with Gasteiger partial charge in [-0.05, 0) is 26.0 Å². The first-order valence-electron chi connectivity index (χ1n) is 7.02. The number of aryl methyl sites for hydroxylation is 1. The van der Waals surface area contributed by atoms with E-state index in [0.29, 0.717) is 0 Å². The first-order valence-corrected chi connectivity index (χ1v) is 7.02. The van der Waals surface area contributed by atoms with Crippen LogP contribution in [0.25, 0.3) is 11.4 Å². The summed E-state index contributed by atoms with van der Waals surface area (Å²) in [4.78, 5) is 15.4. The van der Waals surface area contributed by atoms with Gasteiger partial charge in [-0.1, -0.05) is 12.1 Å². The van der Waals surface area contributed by atoms with Gasteiger partial charge in [0.2, 0.25) is 0 Å². The molecule has 0 saturated heterocycles. The van der Waals surface area contributed by atoms with Crippen LogP contribution < -0.4 is 0 Å². The molecule has 5 nitrogen and oxygen atoms in total. The molecule has 0 spiro atoms. The molecule has 1 aromatic heterocycles. The highest BCUT2D eigenvalue weighted by Crippen LogP contribution is 2.31. The molecular formula is C15H16F3N3O2. The Labute approximate surface area is 131 Å². The Morgan fingerprint density at radius 3 is 2.74 bits per heavy atom. The molecule has 0 saturated carbocycles. The highest BCUT2D eigenvalue weighted by molar-refractivity contribution is 5.69. The predicted molar refractivity (Wildman–Crippen MR) is 76.3 cm³/mol. The highest BCUT2D eigenvalue weighted by Gasteiger charge is 2.30. The summed E-state index contributed by atoms with van der Waals surface area (Å²) in [5.41, 5.74) is -0.491. The van der Waals surface area contributed by atoms with E-state index in [1.165, 1.54) is 23.1 Å². The lowest BCUT2D eigenvalue weighted by Crippen LogP contribution is -2.14. The molecule has 0 aliphatic rings. The molecule has 1 aromatic carbocycles. The number of ether oxygens (including phenoxy) is 1. The zero-order valence-corrected chi connectivity index (χ0v) is 12.7. The third-order valence-electron chi connectivity index (χ3n) is 2.90. The van der Waals surface area contributed by atoms with Crippen LogP contribution in [0, 0.1) is 0 Å². The van der Waals surface area contributed by atoms with E-state index in [1.54, 1.807) is 13.8 Å². The topological polar surface area (TPSA) is 57.0 Å². The van der Waals surface area contributed by atoms with Crippen LogP contribution in [-0.2, 0) is 22.3 Å². The van der Waals surface area contributed by atoms with Gasteiger partial charge in [-0.2, -0.15) is 18.3 Å². The number of hydrogen-bond acceptors (Lipinski definition) is 4.